The highest BCUT2D eigenvalue weighted by molar-refractivity contribution is 5.80. The Balaban J connectivity index is 1.72. The Morgan fingerprint density at radius 3 is 2.71 bits per heavy atom. The SMILES string of the molecule is COCCN(Cc1cc(-c2ccncc2)c(-c2ccc3c(c2)CCC3N=O)o1)C(C)C. The highest BCUT2D eigenvalue weighted by Crippen LogP contribution is 2.40. The molecule has 0 saturated heterocycles. The molecule has 162 valence electrons. The van der Waals surface area contributed by atoms with Crippen molar-refractivity contribution in [3.8, 4) is 22.5 Å². The minimum Gasteiger partial charge on any atom is -0.459 e. The molecule has 6 heteroatoms. The first-order valence-electron chi connectivity index (χ1n) is 10.8. The number of aryl methyl sites for hydroxylation is 1. The van der Waals surface area contributed by atoms with Crippen molar-refractivity contribution in [2.45, 2.75) is 45.3 Å². The van der Waals surface area contributed by atoms with Crippen LogP contribution in [0.25, 0.3) is 22.5 Å². The lowest BCUT2D eigenvalue weighted by molar-refractivity contribution is 0.119. The molecule has 2 aromatic heterocycles. The predicted octanol–water partition coefficient (Wildman–Crippen LogP) is 5.62. The fraction of sp³-hybridized carbons (Fsp3) is 0.400. The van der Waals surface area contributed by atoms with Gasteiger partial charge in [0.1, 0.15) is 17.6 Å². The third-order valence-electron chi connectivity index (χ3n) is 6.02. The van der Waals surface area contributed by atoms with E-state index >= 15 is 0 Å². The molecule has 1 aliphatic carbocycles. The number of rotatable bonds is 9. The number of ether oxygens (including phenoxy) is 1. The van der Waals surface area contributed by atoms with Crippen molar-refractivity contribution in [3.63, 3.8) is 0 Å². The molecule has 0 bridgehead atoms. The number of furan rings is 1. The highest BCUT2D eigenvalue weighted by atomic mass is 16.5. The van der Waals surface area contributed by atoms with Crippen molar-refractivity contribution < 1.29 is 9.15 Å². The number of nitroso groups, excluding NO2 is 1. The number of nitrogens with zero attached hydrogens (tertiary/aromatic N) is 3. The standard InChI is InChI=1S/C25H29N3O3/c1-17(2)28(12-13-30-3)16-21-15-23(18-8-10-26-11-9-18)25(31-21)20-4-6-22-19(14-20)5-7-24(22)27-29/h4,6,8-11,14-15,17,24H,5,7,12-13,16H2,1-3H3. The molecule has 6 nitrogen and oxygen atoms in total. The maximum Gasteiger partial charge on any atom is 0.142 e. The molecule has 1 aliphatic rings. The van der Waals surface area contributed by atoms with Crippen LogP contribution in [-0.2, 0) is 17.7 Å². The molecular formula is C25H29N3O3. The Labute approximate surface area is 183 Å². The van der Waals surface area contributed by atoms with Gasteiger partial charge in [-0.1, -0.05) is 17.3 Å². The first-order valence-corrected chi connectivity index (χ1v) is 10.8. The lowest BCUT2D eigenvalue weighted by Crippen LogP contribution is -2.33. The molecule has 1 atom stereocenters. The van der Waals surface area contributed by atoms with Gasteiger partial charge in [-0.25, -0.2) is 0 Å². The van der Waals surface area contributed by atoms with E-state index in [9.17, 15) is 4.91 Å². The van der Waals surface area contributed by atoms with Crippen molar-refractivity contribution in [1.29, 1.82) is 0 Å². The Hall–Kier alpha value is -2.83. The molecule has 2 heterocycles. The molecule has 0 amide bonds. The molecule has 0 aliphatic heterocycles. The van der Waals surface area contributed by atoms with Crippen LogP contribution in [0, 0.1) is 4.91 Å². The summed E-state index contributed by atoms with van der Waals surface area (Å²) in [6.07, 6.45) is 5.25. The van der Waals surface area contributed by atoms with Crippen LogP contribution in [-0.4, -0.2) is 36.2 Å². The molecule has 4 rings (SSSR count). The normalized spacial score (nSPS) is 15.6. The number of fused-ring (bicyclic) bond motifs is 1. The Morgan fingerprint density at radius 1 is 1.19 bits per heavy atom. The summed E-state index contributed by atoms with van der Waals surface area (Å²) in [6, 6.07) is 12.5. The second-order valence-electron chi connectivity index (χ2n) is 8.32. The lowest BCUT2D eigenvalue weighted by Gasteiger charge is -2.24. The maximum atomic E-state index is 11.1. The summed E-state index contributed by atoms with van der Waals surface area (Å²) in [6.45, 7) is 6.59. The van der Waals surface area contributed by atoms with Crippen LogP contribution in [0.3, 0.4) is 0 Å². The van der Waals surface area contributed by atoms with Gasteiger partial charge in [0.15, 0.2) is 0 Å². The summed E-state index contributed by atoms with van der Waals surface area (Å²) >= 11 is 0. The number of pyridine rings is 1. The number of hydrogen-bond acceptors (Lipinski definition) is 6. The Kier molecular flexibility index (Phi) is 6.59. The third kappa shape index (κ3) is 4.60. The monoisotopic (exact) mass is 419 g/mol. The molecule has 1 aromatic carbocycles. The van der Waals surface area contributed by atoms with E-state index in [-0.39, 0.29) is 6.04 Å². The molecule has 3 aromatic rings. The zero-order valence-corrected chi connectivity index (χ0v) is 18.4. The zero-order valence-electron chi connectivity index (χ0n) is 18.4. The summed E-state index contributed by atoms with van der Waals surface area (Å²) in [5, 5.41) is 3.28. The molecule has 0 saturated carbocycles. The summed E-state index contributed by atoms with van der Waals surface area (Å²) in [4.78, 5) is 17.6. The average molecular weight is 420 g/mol. The maximum absolute atomic E-state index is 11.1. The van der Waals surface area contributed by atoms with E-state index in [1.54, 1.807) is 19.5 Å². The predicted molar refractivity (Wildman–Crippen MR) is 122 cm³/mol. The van der Waals surface area contributed by atoms with E-state index in [0.29, 0.717) is 19.2 Å². The summed E-state index contributed by atoms with van der Waals surface area (Å²) in [5.74, 6) is 1.77. The quantitative estimate of drug-likeness (QED) is 0.421. The summed E-state index contributed by atoms with van der Waals surface area (Å²) in [5.41, 5.74) is 5.37. The van der Waals surface area contributed by atoms with Crippen LogP contribution in [0.1, 0.15) is 43.2 Å². The number of methoxy groups -OCH3 is 1. The number of aromatic nitrogens is 1. The fourth-order valence-electron chi connectivity index (χ4n) is 4.25. The smallest absolute Gasteiger partial charge is 0.142 e. The van der Waals surface area contributed by atoms with Crippen molar-refractivity contribution in [3.05, 3.63) is 70.6 Å². The van der Waals surface area contributed by atoms with E-state index in [1.165, 1.54) is 5.56 Å². The van der Waals surface area contributed by atoms with Gasteiger partial charge in [0.05, 0.1) is 13.2 Å². The molecular weight excluding hydrogens is 390 g/mol. The molecule has 0 fully saturated rings. The Bertz CT molecular complexity index is 1030. The van der Waals surface area contributed by atoms with E-state index < -0.39 is 0 Å². The highest BCUT2D eigenvalue weighted by Gasteiger charge is 2.25. The van der Waals surface area contributed by atoms with Crippen molar-refractivity contribution in [2.75, 3.05) is 20.3 Å². The second-order valence-corrected chi connectivity index (χ2v) is 8.32. The Morgan fingerprint density at radius 2 is 2.00 bits per heavy atom. The van der Waals surface area contributed by atoms with Gasteiger partial charge >= 0.3 is 0 Å². The van der Waals surface area contributed by atoms with Gasteiger partial charge in [-0.2, -0.15) is 4.91 Å². The first-order chi connectivity index (χ1) is 15.1. The second kappa shape index (κ2) is 9.54. The molecule has 1 unspecified atom stereocenters. The minimum atomic E-state index is -0.226. The van der Waals surface area contributed by atoms with E-state index in [0.717, 1.165) is 53.2 Å². The minimum absolute atomic E-state index is 0.226. The van der Waals surface area contributed by atoms with Crippen LogP contribution in [0.5, 0.6) is 0 Å². The van der Waals surface area contributed by atoms with Gasteiger partial charge in [0.25, 0.3) is 0 Å². The lowest BCUT2D eigenvalue weighted by atomic mass is 9.99. The van der Waals surface area contributed by atoms with Crippen molar-refractivity contribution in [1.82, 2.24) is 9.88 Å². The van der Waals surface area contributed by atoms with Gasteiger partial charge in [0.2, 0.25) is 0 Å². The largest absolute Gasteiger partial charge is 0.459 e. The van der Waals surface area contributed by atoms with E-state index in [1.807, 2.05) is 24.3 Å². The first kappa shape index (κ1) is 21.4. The number of benzene rings is 1. The summed E-state index contributed by atoms with van der Waals surface area (Å²) < 4.78 is 11.7. The average Bonchev–Trinajstić information content (AvgIpc) is 3.40. The molecule has 0 spiro atoms. The van der Waals surface area contributed by atoms with Gasteiger partial charge < -0.3 is 9.15 Å². The van der Waals surface area contributed by atoms with Gasteiger partial charge in [-0.3, -0.25) is 9.88 Å². The molecule has 0 N–H and O–H groups in total. The van der Waals surface area contributed by atoms with Crippen LogP contribution >= 0.6 is 0 Å². The van der Waals surface area contributed by atoms with E-state index in [4.69, 9.17) is 9.15 Å². The van der Waals surface area contributed by atoms with Gasteiger partial charge in [-0.15, -0.1) is 0 Å². The topological polar surface area (TPSA) is 67.9 Å². The van der Waals surface area contributed by atoms with Crippen LogP contribution in [0.4, 0.5) is 0 Å². The van der Waals surface area contributed by atoms with E-state index in [2.05, 4.69) is 41.0 Å². The molecule has 31 heavy (non-hydrogen) atoms. The zero-order chi connectivity index (χ0) is 21.8. The van der Waals surface area contributed by atoms with Gasteiger partial charge in [-0.05, 0) is 67.6 Å². The van der Waals surface area contributed by atoms with Crippen LogP contribution in [0.15, 0.2) is 58.4 Å². The van der Waals surface area contributed by atoms with Crippen LogP contribution < -0.4 is 0 Å². The molecule has 0 radical (unpaired) electrons. The van der Waals surface area contributed by atoms with Crippen LogP contribution in [0.2, 0.25) is 0 Å². The third-order valence-corrected chi connectivity index (χ3v) is 6.02. The van der Waals surface area contributed by atoms with Crippen molar-refractivity contribution >= 4 is 0 Å². The number of hydrogen-bond donors (Lipinski definition) is 0. The summed E-state index contributed by atoms with van der Waals surface area (Å²) in [7, 11) is 1.73. The van der Waals surface area contributed by atoms with Crippen molar-refractivity contribution in [2.24, 2.45) is 5.18 Å². The van der Waals surface area contributed by atoms with Gasteiger partial charge in [0, 0.05) is 43.2 Å². The fourth-order valence-corrected chi connectivity index (χ4v) is 4.25.